The van der Waals surface area contributed by atoms with Crippen LogP contribution in [0.1, 0.15) is 63.0 Å². The zero-order valence-corrected chi connectivity index (χ0v) is 21.8. The molecule has 0 unspecified atom stereocenters. The van der Waals surface area contributed by atoms with Crippen LogP contribution in [0.5, 0.6) is 0 Å². The van der Waals surface area contributed by atoms with Gasteiger partial charge in [0.25, 0.3) is 0 Å². The summed E-state index contributed by atoms with van der Waals surface area (Å²) in [5, 5.41) is 15.4. The molecule has 2 N–H and O–H groups in total. The minimum atomic E-state index is 0. The highest BCUT2D eigenvalue weighted by atomic mass is 127. The second-order valence-electron chi connectivity index (χ2n) is 8.69. The standard InChI is InChI=1S/C22H41N7O.HI/c1-19-26-27-21(28(19)2)18-25-22(23-11-6-10-20-8-4-3-5-9-20)24-12-7-13-29-14-16-30-17-15-29;/h20H,3-18H2,1-2H3,(H2,23,24,25);1H. The first-order valence-electron chi connectivity index (χ1n) is 11.9. The van der Waals surface area contributed by atoms with Gasteiger partial charge in [-0.2, -0.15) is 0 Å². The molecule has 8 nitrogen and oxygen atoms in total. The van der Waals surface area contributed by atoms with Crippen LogP contribution in [0.3, 0.4) is 0 Å². The van der Waals surface area contributed by atoms with Crippen LogP contribution in [-0.4, -0.2) is 71.6 Å². The minimum absolute atomic E-state index is 0. The third-order valence-electron chi connectivity index (χ3n) is 6.41. The molecule has 0 bridgehead atoms. The van der Waals surface area contributed by atoms with Crippen molar-refractivity contribution in [3.63, 3.8) is 0 Å². The fourth-order valence-corrected chi connectivity index (χ4v) is 4.32. The van der Waals surface area contributed by atoms with E-state index in [1.54, 1.807) is 0 Å². The lowest BCUT2D eigenvalue weighted by atomic mass is 9.86. The van der Waals surface area contributed by atoms with Crippen molar-refractivity contribution >= 4 is 29.9 Å². The van der Waals surface area contributed by atoms with Crippen molar-refractivity contribution in [1.29, 1.82) is 0 Å². The summed E-state index contributed by atoms with van der Waals surface area (Å²) in [4.78, 5) is 7.25. The SMILES string of the molecule is Cc1nnc(CN=C(NCCCC2CCCCC2)NCCCN2CCOCC2)n1C.I. The van der Waals surface area contributed by atoms with Crippen LogP contribution >= 0.6 is 24.0 Å². The predicted octanol–water partition coefficient (Wildman–Crippen LogP) is 2.86. The maximum Gasteiger partial charge on any atom is 0.191 e. The van der Waals surface area contributed by atoms with Gasteiger partial charge in [0.15, 0.2) is 11.8 Å². The van der Waals surface area contributed by atoms with Gasteiger partial charge in [0.2, 0.25) is 0 Å². The van der Waals surface area contributed by atoms with Gasteiger partial charge in [0, 0.05) is 33.2 Å². The average molecular weight is 548 g/mol. The minimum Gasteiger partial charge on any atom is -0.379 e. The molecule has 1 aliphatic carbocycles. The summed E-state index contributed by atoms with van der Waals surface area (Å²) in [5.41, 5.74) is 0. The van der Waals surface area contributed by atoms with Crippen molar-refractivity contribution in [2.75, 3.05) is 45.9 Å². The third-order valence-corrected chi connectivity index (χ3v) is 6.41. The first-order valence-corrected chi connectivity index (χ1v) is 11.9. The van der Waals surface area contributed by atoms with Gasteiger partial charge in [0.05, 0.1) is 13.2 Å². The van der Waals surface area contributed by atoms with Crippen LogP contribution in [0.4, 0.5) is 0 Å². The first-order chi connectivity index (χ1) is 14.7. The number of ether oxygens (including phenoxy) is 1. The van der Waals surface area contributed by atoms with Crippen molar-refractivity contribution in [2.24, 2.45) is 18.0 Å². The van der Waals surface area contributed by atoms with Gasteiger partial charge in [-0.1, -0.05) is 32.1 Å². The molecular formula is C22H42IN7O. The normalized spacial score (nSPS) is 18.6. The van der Waals surface area contributed by atoms with E-state index in [0.29, 0.717) is 6.54 Å². The fourth-order valence-electron chi connectivity index (χ4n) is 4.32. The number of hydrogen-bond acceptors (Lipinski definition) is 5. The highest BCUT2D eigenvalue weighted by Gasteiger charge is 2.13. The quantitative estimate of drug-likeness (QED) is 0.203. The zero-order chi connectivity index (χ0) is 21.0. The fraction of sp³-hybridized carbons (Fsp3) is 0.864. The number of guanidine groups is 1. The summed E-state index contributed by atoms with van der Waals surface area (Å²) < 4.78 is 7.43. The molecule has 1 saturated heterocycles. The molecule has 0 radical (unpaired) electrons. The molecule has 1 aromatic heterocycles. The number of halogens is 1. The number of hydrogen-bond donors (Lipinski definition) is 2. The van der Waals surface area contributed by atoms with E-state index in [-0.39, 0.29) is 24.0 Å². The Morgan fingerprint density at radius 2 is 1.77 bits per heavy atom. The smallest absolute Gasteiger partial charge is 0.191 e. The molecule has 31 heavy (non-hydrogen) atoms. The monoisotopic (exact) mass is 547 g/mol. The van der Waals surface area contributed by atoms with Crippen molar-refractivity contribution in [3.8, 4) is 0 Å². The number of nitrogens with one attached hydrogen (secondary N) is 2. The maximum absolute atomic E-state index is 5.43. The van der Waals surface area contributed by atoms with E-state index in [1.165, 1.54) is 44.9 Å². The van der Waals surface area contributed by atoms with Crippen LogP contribution in [0.2, 0.25) is 0 Å². The van der Waals surface area contributed by atoms with Crippen LogP contribution in [-0.2, 0) is 18.3 Å². The molecule has 0 spiro atoms. The lowest BCUT2D eigenvalue weighted by Crippen LogP contribution is -2.41. The molecule has 1 saturated carbocycles. The summed E-state index contributed by atoms with van der Waals surface area (Å²) in [5.74, 6) is 3.63. The van der Waals surface area contributed by atoms with E-state index in [2.05, 4.69) is 25.7 Å². The van der Waals surface area contributed by atoms with E-state index in [4.69, 9.17) is 9.73 Å². The van der Waals surface area contributed by atoms with Crippen molar-refractivity contribution in [2.45, 2.75) is 64.8 Å². The topological polar surface area (TPSA) is 79.6 Å². The third kappa shape index (κ3) is 9.61. The van der Waals surface area contributed by atoms with Crippen LogP contribution in [0.15, 0.2) is 4.99 Å². The molecule has 1 aliphatic heterocycles. The Bertz CT molecular complexity index is 612. The molecule has 0 amide bonds. The number of nitrogens with zero attached hydrogens (tertiary/aromatic N) is 5. The highest BCUT2D eigenvalue weighted by molar-refractivity contribution is 14.0. The van der Waals surface area contributed by atoms with Gasteiger partial charge < -0.3 is 19.9 Å². The van der Waals surface area contributed by atoms with E-state index in [1.807, 2.05) is 18.5 Å². The van der Waals surface area contributed by atoms with Gasteiger partial charge in [-0.15, -0.1) is 34.2 Å². The largest absolute Gasteiger partial charge is 0.379 e. The Kier molecular flexibility index (Phi) is 12.7. The van der Waals surface area contributed by atoms with Crippen LogP contribution in [0, 0.1) is 12.8 Å². The molecule has 1 aromatic rings. The summed E-state index contributed by atoms with van der Waals surface area (Å²) in [6.07, 6.45) is 10.8. The number of aromatic nitrogens is 3. The second kappa shape index (κ2) is 15.0. The zero-order valence-electron chi connectivity index (χ0n) is 19.4. The lowest BCUT2D eigenvalue weighted by molar-refractivity contribution is 0.0376. The lowest BCUT2D eigenvalue weighted by Gasteiger charge is -2.26. The summed E-state index contributed by atoms with van der Waals surface area (Å²) in [6.45, 7) is 9.33. The van der Waals surface area contributed by atoms with E-state index in [0.717, 1.165) is 75.9 Å². The van der Waals surface area contributed by atoms with E-state index in [9.17, 15) is 0 Å². The number of rotatable bonds is 10. The van der Waals surface area contributed by atoms with Crippen LogP contribution in [0.25, 0.3) is 0 Å². The van der Waals surface area contributed by atoms with Gasteiger partial charge in [-0.3, -0.25) is 4.90 Å². The summed E-state index contributed by atoms with van der Waals surface area (Å²) in [7, 11) is 1.99. The van der Waals surface area contributed by atoms with Gasteiger partial charge in [-0.05, 0) is 38.6 Å². The Balaban J connectivity index is 0.00000341. The Labute approximate surface area is 205 Å². The Morgan fingerprint density at radius 1 is 1.06 bits per heavy atom. The maximum atomic E-state index is 5.43. The molecule has 2 fully saturated rings. The molecular weight excluding hydrogens is 505 g/mol. The molecule has 3 rings (SSSR count). The number of aryl methyl sites for hydroxylation is 1. The van der Waals surface area contributed by atoms with Crippen molar-refractivity contribution in [1.82, 2.24) is 30.3 Å². The predicted molar refractivity (Wildman–Crippen MR) is 136 cm³/mol. The highest BCUT2D eigenvalue weighted by Crippen LogP contribution is 2.26. The number of morpholine rings is 1. The molecule has 2 heterocycles. The molecule has 9 heteroatoms. The van der Waals surface area contributed by atoms with E-state index < -0.39 is 0 Å². The van der Waals surface area contributed by atoms with Crippen LogP contribution < -0.4 is 10.6 Å². The van der Waals surface area contributed by atoms with Crippen molar-refractivity contribution in [3.05, 3.63) is 11.6 Å². The summed E-state index contributed by atoms with van der Waals surface area (Å²) >= 11 is 0. The van der Waals surface area contributed by atoms with Gasteiger partial charge in [-0.25, -0.2) is 4.99 Å². The van der Waals surface area contributed by atoms with Crippen molar-refractivity contribution < 1.29 is 4.74 Å². The molecule has 0 atom stereocenters. The Hall–Kier alpha value is -0.940. The number of aliphatic imine (C=N–C) groups is 1. The molecule has 2 aliphatic rings. The average Bonchev–Trinajstić information content (AvgIpc) is 3.11. The molecule has 0 aromatic carbocycles. The van der Waals surface area contributed by atoms with E-state index >= 15 is 0 Å². The summed E-state index contributed by atoms with van der Waals surface area (Å²) in [6, 6.07) is 0. The van der Waals surface area contributed by atoms with Gasteiger partial charge >= 0.3 is 0 Å². The van der Waals surface area contributed by atoms with Gasteiger partial charge in [0.1, 0.15) is 12.4 Å². The Morgan fingerprint density at radius 3 is 2.45 bits per heavy atom. The molecule has 178 valence electrons. The second-order valence-corrected chi connectivity index (χ2v) is 8.69. The first kappa shape index (κ1) is 26.3.